The summed E-state index contributed by atoms with van der Waals surface area (Å²) >= 11 is 1.87. The number of thiophene rings is 1. The molecule has 0 bridgehead atoms. The largest absolute Gasteiger partial charge is 0.314 e. The number of hydrogen-bond donors (Lipinski definition) is 1. The lowest BCUT2D eigenvalue weighted by atomic mass is 10.0. The van der Waals surface area contributed by atoms with Crippen molar-refractivity contribution < 1.29 is 0 Å². The van der Waals surface area contributed by atoms with Crippen LogP contribution >= 0.6 is 11.3 Å². The maximum Gasteiger partial charge on any atom is 0.0330 e. The van der Waals surface area contributed by atoms with E-state index in [0.29, 0.717) is 6.04 Å². The lowest BCUT2D eigenvalue weighted by molar-refractivity contribution is 0.197. The molecule has 0 aliphatic carbocycles. The van der Waals surface area contributed by atoms with E-state index in [2.05, 4.69) is 41.6 Å². The highest BCUT2D eigenvalue weighted by atomic mass is 32.1. The van der Waals surface area contributed by atoms with Gasteiger partial charge in [-0.05, 0) is 51.1 Å². The Morgan fingerprint density at radius 3 is 2.94 bits per heavy atom. The third kappa shape index (κ3) is 4.38. The number of nitrogens with one attached hydrogen (secondary N) is 1. The van der Waals surface area contributed by atoms with Crippen LogP contribution in [-0.2, 0) is 6.54 Å². The van der Waals surface area contributed by atoms with Gasteiger partial charge in [0, 0.05) is 30.1 Å². The molecule has 1 aliphatic rings. The van der Waals surface area contributed by atoms with Gasteiger partial charge in [-0.2, -0.15) is 0 Å². The van der Waals surface area contributed by atoms with E-state index in [1.807, 2.05) is 11.3 Å². The van der Waals surface area contributed by atoms with Gasteiger partial charge in [0.25, 0.3) is 0 Å². The fraction of sp³-hybridized carbons (Fsp3) is 0.733. The molecule has 0 radical (unpaired) electrons. The quantitative estimate of drug-likeness (QED) is 0.848. The Kier molecular flexibility index (Phi) is 5.67. The summed E-state index contributed by atoms with van der Waals surface area (Å²) in [5, 5.41) is 5.83. The highest BCUT2D eigenvalue weighted by molar-refractivity contribution is 7.09. The fourth-order valence-electron chi connectivity index (χ4n) is 2.61. The zero-order valence-electron chi connectivity index (χ0n) is 11.7. The van der Waals surface area contributed by atoms with E-state index in [9.17, 15) is 0 Å². The van der Waals surface area contributed by atoms with Crippen LogP contribution in [0.25, 0.3) is 0 Å². The van der Waals surface area contributed by atoms with Crippen LogP contribution in [0, 0.1) is 0 Å². The molecule has 102 valence electrons. The molecule has 1 atom stereocenters. The number of rotatable bonds is 6. The van der Waals surface area contributed by atoms with Gasteiger partial charge in [-0.3, -0.25) is 4.90 Å². The van der Waals surface area contributed by atoms with Gasteiger partial charge >= 0.3 is 0 Å². The van der Waals surface area contributed by atoms with Crippen molar-refractivity contribution in [1.82, 2.24) is 10.2 Å². The summed E-state index contributed by atoms with van der Waals surface area (Å²) in [5.41, 5.74) is 0. The van der Waals surface area contributed by atoms with E-state index < -0.39 is 0 Å². The monoisotopic (exact) mass is 266 g/mol. The van der Waals surface area contributed by atoms with E-state index in [4.69, 9.17) is 0 Å². The first-order chi connectivity index (χ1) is 8.75. The molecule has 0 saturated carbocycles. The molecule has 1 aliphatic heterocycles. The highest BCUT2D eigenvalue weighted by Gasteiger charge is 2.16. The molecule has 1 aromatic heterocycles. The van der Waals surface area contributed by atoms with Crippen LogP contribution in [0.15, 0.2) is 17.5 Å². The Morgan fingerprint density at radius 2 is 2.33 bits per heavy atom. The molecule has 2 rings (SSSR count). The number of nitrogens with zero attached hydrogens (tertiary/aromatic N) is 1. The Labute approximate surface area is 115 Å². The number of piperidine rings is 1. The summed E-state index contributed by atoms with van der Waals surface area (Å²) in [6, 6.07) is 5.79. The van der Waals surface area contributed by atoms with Gasteiger partial charge in [0.05, 0.1) is 0 Å². The standard InChI is InChI=1S/C15H26N2S/c1-13(2)17(12-15-7-5-11-18-15)10-8-14-6-3-4-9-16-14/h5,7,11,13-14,16H,3-4,6,8-10,12H2,1-2H3. The Hall–Kier alpha value is -0.380. The van der Waals surface area contributed by atoms with Crippen molar-refractivity contribution in [2.45, 2.75) is 58.2 Å². The van der Waals surface area contributed by atoms with Crippen LogP contribution in [-0.4, -0.2) is 30.1 Å². The topological polar surface area (TPSA) is 15.3 Å². The molecule has 1 fully saturated rings. The third-order valence-corrected chi connectivity index (χ3v) is 4.71. The predicted molar refractivity (Wildman–Crippen MR) is 80.1 cm³/mol. The number of hydrogen-bond acceptors (Lipinski definition) is 3. The van der Waals surface area contributed by atoms with Crippen LogP contribution in [0.5, 0.6) is 0 Å². The molecule has 0 spiro atoms. The molecule has 3 heteroatoms. The second kappa shape index (κ2) is 7.27. The second-order valence-electron chi connectivity index (χ2n) is 5.58. The molecule has 1 aromatic rings. The van der Waals surface area contributed by atoms with E-state index in [1.165, 1.54) is 43.6 Å². The molecular formula is C15H26N2S. The maximum atomic E-state index is 3.65. The molecule has 1 saturated heterocycles. The Bertz CT molecular complexity index is 315. The lowest BCUT2D eigenvalue weighted by Gasteiger charge is -2.30. The molecule has 0 amide bonds. The highest BCUT2D eigenvalue weighted by Crippen LogP contribution is 2.16. The van der Waals surface area contributed by atoms with Crippen LogP contribution < -0.4 is 5.32 Å². The van der Waals surface area contributed by atoms with Gasteiger partial charge < -0.3 is 5.32 Å². The maximum absolute atomic E-state index is 3.65. The van der Waals surface area contributed by atoms with Crippen molar-refractivity contribution in [2.75, 3.05) is 13.1 Å². The molecule has 1 unspecified atom stereocenters. The van der Waals surface area contributed by atoms with Gasteiger partial charge in [-0.25, -0.2) is 0 Å². The zero-order chi connectivity index (χ0) is 12.8. The molecular weight excluding hydrogens is 240 g/mol. The minimum absolute atomic E-state index is 0.635. The smallest absolute Gasteiger partial charge is 0.0330 e. The summed E-state index contributed by atoms with van der Waals surface area (Å²) in [4.78, 5) is 4.09. The van der Waals surface area contributed by atoms with E-state index in [0.717, 1.165) is 12.6 Å². The lowest BCUT2D eigenvalue weighted by Crippen LogP contribution is -2.39. The molecule has 2 heterocycles. The first-order valence-corrected chi connectivity index (χ1v) is 8.13. The van der Waals surface area contributed by atoms with E-state index >= 15 is 0 Å². The second-order valence-corrected chi connectivity index (χ2v) is 6.61. The van der Waals surface area contributed by atoms with Gasteiger partial charge in [-0.1, -0.05) is 12.5 Å². The van der Waals surface area contributed by atoms with Crippen LogP contribution in [0.4, 0.5) is 0 Å². The van der Waals surface area contributed by atoms with Crippen molar-refractivity contribution in [3.63, 3.8) is 0 Å². The third-order valence-electron chi connectivity index (χ3n) is 3.85. The first kappa shape index (κ1) is 14.0. The van der Waals surface area contributed by atoms with Crippen LogP contribution in [0.1, 0.15) is 44.4 Å². The summed E-state index contributed by atoms with van der Waals surface area (Å²) in [7, 11) is 0. The van der Waals surface area contributed by atoms with Crippen LogP contribution in [0.3, 0.4) is 0 Å². The van der Waals surface area contributed by atoms with Crippen molar-refractivity contribution in [3.05, 3.63) is 22.4 Å². The zero-order valence-corrected chi connectivity index (χ0v) is 12.5. The average Bonchev–Trinajstić information content (AvgIpc) is 2.88. The van der Waals surface area contributed by atoms with Crippen molar-refractivity contribution >= 4 is 11.3 Å². The van der Waals surface area contributed by atoms with Crippen molar-refractivity contribution in [2.24, 2.45) is 0 Å². The average molecular weight is 266 g/mol. The molecule has 1 N–H and O–H groups in total. The summed E-state index contributed by atoms with van der Waals surface area (Å²) in [6.07, 6.45) is 5.43. The summed E-state index contributed by atoms with van der Waals surface area (Å²) < 4.78 is 0. The van der Waals surface area contributed by atoms with Gasteiger partial charge in [0.15, 0.2) is 0 Å². The van der Waals surface area contributed by atoms with Gasteiger partial charge in [0.1, 0.15) is 0 Å². The summed E-state index contributed by atoms with van der Waals surface area (Å²) in [6.45, 7) is 8.16. The summed E-state index contributed by atoms with van der Waals surface area (Å²) in [5.74, 6) is 0. The Balaban J connectivity index is 1.78. The predicted octanol–water partition coefficient (Wildman–Crippen LogP) is 3.49. The van der Waals surface area contributed by atoms with E-state index in [1.54, 1.807) is 0 Å². The minimum Gasteiger partial charge on any atom is -0.314 e. The van der Waals surface area contributed by atoms with Gasteiger partial charge in [0.2, 0.25) is 0 Å². The van der Waals surface area contributed by atoms with Crippen molar-refractivity contribution in [3.8, 4) is 0 Å². The van der Waals surface area contributed by atoms with E-state index in [-0.39, 0.29) is 0 Å². The molecule has 18 heavy (non-hydrogen) atoms. The Morgan fingerprint density at radius 1 is 1.44 bits per heavy atom. The SMILES string of the molecule is CC(C)N(CCC1CCCCN1)Cc1cccs1. The fourth-order valence-corrected chi connectivity index (χ4v) is 3.34. The normalized spacial score (nSPS) is 20.8. The van der Waals surface area contributed by atoms with Crippen molar-refractivity contribution in [1.29, 1.82) is 0 Å². The van der Waals surface area contributed by atoms with Crippen LogP contribution in [0.2, 0.25) is 0 Å². The minimum atomic E-state index is 0.635. The molecule has 0 aromatic carbocycles. The first-order valence-electron chi connectivity index (χ1n) is 7.25. The van der Waals surface area contributed by atoms with Gasteiger partial charge in [-0.15, -0.1) is 11.3 Å². The molecule has 2 nitrogen and oxygen atoms in total.